The van der Waals surface area contributed by atoms with Crippen LogP contribution in [0.15, 0.2) is 79.0 Å². The second kappa shape index (κ2) is 7.19. The first-order chi connectivity index (χ1) is 14.6. The van der Waals surface area contributed by atoms with Crippen LogP contribution in [0, 0.1) is 6.92 Å². The summed E-state index contributed by atoms with van der Waals surface area (Å²) in [5, 5.41) is 3.96. The highest BCUT2D eigenvalue weighted by Crippen LogP contribution is 2.40. The molecule has 30 heavy (non-hydrogen) atoms. The molecule has 2 amide bonds. The first-order valence-electron chi connectivity index (χ1n) is 9.94. The Hall–Kier alpha value is -3.86. The van der Waals surface area contributed by atoms with Crippen molar-refractivity contribution in [3.8, 4) is 0 Å². The van der Waals surface area contributed by atoms with E-state index >= 15 is 0 Å². The number of benzene rings is 3. The Morgan fingerprint density at radius 2 is 1.70 bits per heavy atom. The molecule has 5 nitrogen and oxygen atoms in total. The van der Waals surface area contributed by atoms with Crippen LogP contribution in [0.3, 0.4) is 0 Å². The molecule has 0 spiro atoms. The van der Waals surface area contributed by atoms with E-state index in [4.69, 9.17) is 0 Å². The van der Waals surface area contributed by atoms with Crippen molar-refractivity contribution < 1.29 is 9.59 Å². The minimum atomic E-state index is -0.311. The summed E-state index contributed by atoms with van der Waals surface area (Å²) < 4.78 is 0. The van der Waals surface area contributed by atoms with Gasteiger partial charge in [-0.15, -0.1) is 0 Å². The first kappa shape index (κ1) is 18.2. The van der Waals surface area contributed by atoms with Crippen LogP contribution in [0.1, 0.15) is 33.1 Å². The van der Waals surface area contributed by atoms with E-state index in [0.29, 0.717) is 5.56 Å². The highest BCUT2D eigenvalue weighted by molar-refractivity contribution is 6.04. The molecular weight excluding hydrogens is 374 g/mol. The number of anilines is 1. The van der Waals surface area contributed by atoms with E-state index in [1.54, 1.807) is 4.90 Å². The van der Waals surface area contributed by atoms with Gasteiger partial charge in [-0.3, -0.25) is 9.59 Å². The fraction of sp³-hybridized carbons (Fsp3) is 0.120. The lowest BCUT2D eigenvalue weighted by molar-refractivity contribution is -0.117. The van der Waals surface area contributed by atoms with Crippen LogP contribution in [-0.2, 0) is 4.79 Å². The lowest BCUT2D eigenvalue weighted by atomic mass is 9.97. The van der Waals surface area contributed by atoms with E-state index in [0.717, 1.165) is 33.3 Å². The maximum absolute atomic E-state index is 13.2. The lowest BCUT2D eigenvalue weighted by Gasteiger charge is -2.25. The van der Waals surface area contributed by atoms with Gasteiger partial charge in [-0.05, 0) is 36.8 Å². The average Bonchev–Trinajstić information content (AvgIpc) is 3.29. The summed E-state index contributed by atoms with van der Waals surface area (Å²) in [7, 11) is 0. The smallest absolute Gasteiger partial charge is 0.255 e. The molecule has 4 aromatic rings. The molecule has 3 aromatic carbocycles. The van der Waals surface area contributed by atoms with Gasteiger partial charge >= 0.3 is 0 Å². The Kier molecular flexibility index (Phi) is 4.36. The zero-order valence-electron chi connectivity index (χ0n) is 16.6. The first-order valence-corrected chi connectivity index (χ1v) is 9.94. The molecule has 0 aliphatic carbocycles. The van der Waals surface area contributed by atoms with Crippen LogP contribution in [0.4, 0.5) is 5.69 Å². The number of H-pyrrole nitrogens is 1. The molecule has 0 saturated carbocycles. The maximum atomic E-state index is 13.2. The van der Waals surface area contributed by atoms with Crippen molar-refractivity contribution in [1.82, 2.24) is 9.88 Å². The fourth-order valence-corrected chi connectivity index (χ4v) is 4.18. The Balaban J connectivity index is 1.50. The highest BCUT2D eigenvalue weighted by Gasteiger charge is 2.39. The van der Waals surface area contributed by atoms with Crippen LogP contribution in [-0.4, -0.2) is 28.2 Å². The number of carbonyl (C=O) groups is 2. The standard InChI is InChI=1S/C25H21N3O2/c1-16-10-12-17(13-11-16)27-23(29)15-28-24(19-7-2-3-8-20(19)25(28)30)21-14-26-22-9-5-4-6-18(21)22/h2-14,24,26H,15H2,1H3,(H,27,29)/t24-/m0/s1. The number of amides is 2. The number of para-hydroxylation sites is 1. The van der Waals surface area contributed by atoms with Gasteiger partial charge in [-0.25, -0.2) is 0 Å². The summed E-state index contributed by atoms with van der Waals surface area (Å²) in [5.74, 6) is -0.343. The van der Waals surface area contributed by atoms with Gasteiger partial charge in [0.2, 0.25) is 5.91 Å². The van der Waals surface area contributed by atoms with Gasteiger partial charge in [0.25, 0.3) is 5.91 Å². The number of aromatic amines is 1. The molecule has 0 radical (unpaired) electrons. The summed E-state index contributed by atoms with van der Waals surface area (Å²) in [5.41, 5.74) is 5.42. The third-order valence-corrected chi connectivity index (χ3v) is 5.62. The molecule has 2 N–H and O–H groups in total. The van der Waals surface area contributed by atoms with Crippen molar-refractivity contribution >= 4 is 28.4 Å². The van der Waals surface area contributed by atoms with Gasteiger partial charge in [-0.1, -0.05) is 54.1 Å². The van der Waals surface area contributed by atoms with E-state index in [1.165, 1.54) is 0 Å². The fourth-order valence-electron chi connectivity index (χ4n) is 4.18. The Labute approximate surface area is 174 Å². The molecule has 1 aliphatic rings. The van der Waals surface area contributed by atoms with Crippen molar-refractivity contribution in [1.29, 1.82) is 0 Å². The van der Waals surface area contributed by atoms with Crippen LogP contribution in [0.2, 0.25) is 0 Å². The number of aryl methyl sites for hydroxylation is 1. The van der Waals surface area contributed by atoms with Gasteiger partial charge in [0.15, 0.2) is 0 Å². The van der Waals surface area contributed by atoms with Crippen LogP contribution in [0.5, 0.6) is 0 Å². The van der Waals surface area contributed by atoms with Gasteiger partial charge in [0.05, 0.1) is 6.04 Å². The summed E-state index contributed by atoms with van der Waals surface area (Å²) in [6.45, 7) is 1.98. The molecule has 1 aromatic heterocycles. The molecule has 0 fully saturated rings. The summed E-state index contributed by atoms with van der Waals surface area (Å²) in [6.07, 6.45) is 1.94. The molecule has 1 atom stereocenters. The number of fused-ring (bicyclic) bond motifs is 2. The molecule has 148 valence electrons. The van der Waals surface area contributed by atoms with Crippen molar-refractivity contribution in [2.75, 3.05) is 11.9 Å². The Bertz CT molecular complexity index is 1260. The second-order valence-corrected chi connectivity index (χ2v) is 7.63. The van der Waals surface area contributed by atoms with Gasteiger partial charge in [-0.2, -0.15) is 0 Å². The second-order valence-electron chi connectivity index (χ2n) is 7.63. The zero-order chi connectivity index (χ0) is 20.7. The number of aromatic nitrogens is 1. The Morgan fingerprint density at radius 1 is 0.967 bits per heavy atom. The van der Waals surface area contributed by atoms with Crippen molar-refractivity contribution in [3.63, 3.8) is 0 Å². The van der Waals surface area contributed by atoms with E-state index < -0.39 is 0 Å². The van der Waals surface area contributed by atoms with Crippen LogP contribution in [0.25, 0.3) is 10.9 Å². The quantitative estimate of drug-likeness (QED) is 0.528. The molecule has 5 rings (SSSR count). The molecule has 0 bridgehead atoms. The largest absolute Gasteiger partial charge is 0.361 e. The normalized spacial score (nSPS) is 15.4. The topological polar surface area (TPSA) is 65.2 Å². The number of hydrogen-bond acceptors (Lipinski definition) is 2. The van der Waals surface area contributed by atoms with E-state index in [2.05, 4.69) is 10.3 Å². The molecule has 0 saturated heterocycles. The maximum Gasteiger partial charge on any atom is 0.255 e. The van der Waals surface area contributed by atoms with Crippen molar-refractivity contribution in [2.24, 2.45) is 0 Å². The zero-order valence-corrected chi connectivity index (χ0v) is 16.6. The number of nitrogens with zero attached hydrogens (tertiary/aromatic N) is 1. The van der Waals surface area contributed by atoms with Gasteiger partial charge < -0.3 is 15.2 Å². The summed E-state index contributed by atoms with van der Waals surface area (Å²) in [4.78, 5) is 31.0. The van der Waals surface area contributed by atoms with E-state index in [-0.39, 0.29) is 24.4 Å². The SMILES string of the molecule is Cc1ccc(NC(=O)CN2C(=O)c3ccccc3[C@H]2c2c[nH]c3ccccc23)cc1. The lowest BCUT2D eigenvalue weighted by Crippen LogP contribution is -2.36. The van der Waals surface area contributed by atoms with Crippen molar-refractivity contribution in [2.45, 2.75) is 13.0 Å². The minimum absolute atomic E-state index is 0.0223. The van der Waals surface area contributed by atoms with Crippen molar-refractivity contribution in [3.05, 3.63) is 101 Å². The summed E-state index contributed by atoms with van der Waals surface area (Å²) >= 11 is 0. The number of hydrogen-bond donors (Lipinski definition) is 2. The monoisotopic (exact) mass is 395 g/mol. The highest BCUT2D eigenvalue weighted by atomic mass is 16.2. The molecule has 2 heterocycles. The molecule has 0 unspecified atom stereocenters. The van der Waals surface area contributed by atoms with Crippen LogP contribution < -0.4 is 5.32 Å². The van der Waals surface area contributed by atoms with E-state index in [1.807, 2.05) is 85.9 Å². The third-order valence-electron chi connectivity index (χ3n) is 5.62. The van der Waals surface area contributed by atoms with Gasteiger partial charge in [0.1, 0.15) is 6.54 Å². The molecular formula is C25H21N3O2. The number of nitrogens with one attached hydrogen (secondary N) is 2. The minimum Gasteiger partial charge on any atom is -0.361 e. The van der Waals surface area contributed by atoms with E-state index in [9.17, 15) is 9.59 Å². The molecule has 1 aliphatic heterocycles. The molecule has 5 heteroatoms. The Morgan fingerprint density at radius 3 is 2.53 bits per heavy atom. The third kappa shape index (κ3) is 3.05. The number of rotatable bonds is 4. The van der Waals surface area contributed by atoms with Gasteiger partial charge in [0, 0.05) is 33.9 Å². The predicted molar refractivity (Wildman–Crippen MR) is 117 cm³/mol. The summed E-state index contributed by atoms with van der Waals surface area (Å²) in [6, 6.07) is 22.9. The number of carbonyl (C=O) groups excluding carboxylic acids is 2. The average molecular weight is 395 g/mol. The predicted octanol–water partition coefficient (Wildman–Crippen LogP) is 4.66. The van der Waals surface area contributed by atoms with Crippen LogP contribution >= 0.6 is 0 Å².